The van der Waals surface area contributed by atoms with E-state index in [2.05, 4.69) is 34.0 Å². The van der Waals surface area contributed by atoms with Gasteiger partial charge in [0.15, 0.2) is 0 Å². The summed E-state index contributed by atoms with van der Waals surface area (Å²) in [5.41, 5.74) is 3.40. The van der Waals surface area contributed by atoms with E-state index >= 15 is 0 Å². The number of piperazine rings is 1. The van der Waals surface area contributed by atoms with E-state index in [4.69, 9.17) is 4.74 Å². The fourth-order valence-corrected chi connectivity index (χ4v) is 5.90. The van der Waals surface area contributed by atoms with Gasteiger partial charge in [0.05, 0.1) is 12.7 Å². The second-order valence-corrected chi connectivity index (χ2v) is 9.05. The predicted molar refractivity (Wildman–Crippen MR) is 121 cm³/mol. The molecule has 1 aliphatic carbocycles. The number of benzene rings is 1. The maximum absolute atomic E-state index is 13.7. The maximum atomic E-state index is 13.7. The topological polar surface area (TPSA) is 37.7 Å². The van der Waals surface area contributed by atoms with E-state index < -0.39 is 0 Å². The number of rotatable bonds is 4. The number of ether oxygens (including phenoxy) is 1. The first-order valence-electron chi connectivity index (χ1n) is 10.7. The van der Waals surface area contributed by atoms with Gasteiger partial charge in [0.25, 0.3) is 5.91 Å². The molecule has 0 spiro atoms. The van der Waals surface area contributed by atoms with Crippen LogP contribution in [0.5, 0.6) is 5.75 Å². The van der Waals surface area contributed by atoms with Crippen molar-refractivity contribution in [3.05, 3.63) is 64.8 Å². The number of carbonyl (C=O) groups excluding carboxylic acids is 1. The van der Waals surface area contributed by atoms with E-state index in [0.29, 0.717) is 0 Å². The summed E-state index contributed by atoms with van der Waals surface area (Å²) in [5, 5.41) is 1.09. The summed E-state index contributed by atoms with van der Waals surface area (Å²) in [4.78, 5) is 19.5. The molecule has 0 radical (unpaired) electrons. The molecule has 2 aromatic heterocycles. The Morgan fingerprint density at radius 3 is 2.53 bits per heavy atom. The van der Waals surface area contributed by atoms with E-state index in [1.54, 1.807) is 18.4 Å². The molecular weight excluding hydrogens is 394 g/mol. The Morgan fingerprint density at radius 2 is 1.77 bits per heavy atom. The van der Waals surface area contributed by atoms with Crippen molar-refractivity contribution < 1.29 is 9.53 Å². The standard InChI is InChI=1S/C24H27N3O2S/c1-29-19-8-6-7-18(17-19)25-13-15-26(16-14-25)23(28)22-20-9-2-3-10-21(20)30-24(22)27-11-4-5-12-27/h4-8,11-12,17H,2-3,9-10,13-16H2,1H3. The Morgan fingerprint density at radius 1 is 1.00 bits per heavy atom. The van der Waals surface area contributed by atoms with E-state index in [1.807, 2.05) is 29.2 Å². The van der Waals surface area contributed by atoms with Crippen LogP contribution in [0.1, 0.15) is 33.6 Å². The van der Waals surface area contributed by atoms with Crippen molar-refractivity contribution in [3.8, 4) is 10.8 Å². The van der Waals surface area contributed by atoms with Crippen molar-refractivity contribution in [1.82, 2.24) is 9.47 Å². The first-order valence-corrected chi connectivity index (χ1v) is 11.5. The molecule has 3 heterocycles. The molecule has 0 unspecified atom stereocenters. The van der Waals surface area contributed by atoms with Crippen molar-refractivity contribution in [2.45, 2.75) is 25.7 Å². The monoisotopic (exact) mass is 421 g/mol. The van der Waals surface area contributed by atoms with Gasteiger partial charge in [-0.05, 0) is 55.5 Å². The number of nitrogens with zero attached hydrogens (tertiary/aromatic N) is 3. The number of fused-ring (bicyclic) bond motifs is 1. The highest BCUT2D eigenvalue weighted by Crippen LogP contribution is 2.38. The van der Waals surface area contributed by atoms with Gasteiger partial charge >= 0.3 is 0 Å². The smallest absolute Gasteiger partial charge is 0.257 e. The summed E-state index contributed by atoms with van der Waals surface area (Å²) in [6, 6.07) is 12.2. The lowest BCUT2D eigenvalue weighted by Gasteiger charge is -2.36. The van der Waals surface area contributed by atoms with Crippen molar-refractivity contribution in [3.63, 3.8) is 0 Å². The Bertz CT molecular complexity index is 1030. The zero-order valence-corrected chi connectivity index (χ0v) is 18.2. The van der Waals surface area contributed by atoms with Gasteiger partial charge < -0.3 is 19.1 Å². The second kappa shape index (κ2) is 8.19. The Kier molecular flexibility index (Phi) is 5.25. The molecule has 3 aromatic rings. The molecule has 1 fully saturated rings. The number of thiophene rings is 1. The molecule has 0 atom stereocenters. The van der Waals surface area contributed by atoms with E-state index in [9.17, 15) is 4.79 Å². The van der Waals surface area contributed by atoms with Crippen LogP contribution in [-0.2, 0) is 12.8 Å². The highest BCUT2D eigenvalue weighted by Gasteiger charge is 2.30. The molecule has 0 N–H and O–H groups in total. The van der Waals surface area contributed by atoms with E-state index in [-0.39, 0.29) is 5.91 Å². The van der Waals surface area contributed by atoms with Gasteiger partial charge in [0, 0.05) is 55.2 Å². The van der Waals surface area contributed by atoms with E-state index in [0.717, 1.165) is 61.0 Å². The van der Waals surface area contributed by atoms with Crippen LogP contribution < -0.4 is 9.64 Å². The van der Waals surface area contributed by atoms with Crippen molar-refractivity contribution in [2.24, 2.45) is 0 Å². The van der Waals surface area contributed by atoms with Gasteiger partial charge in [0.2, 0.25) is 0 Å². The first-order chi connectivity index (χ1) is 14.7. The Labute approximate surface area is 181 Å². The number of aryl methyl sites for hydroxylation is 1. The number of methoxy groups -OCH3 is 1. The minimum atomic E-state index is 0.198. The number of anilines is 1. The van der Waals surface area contributed by atoms with Gasteiger partial charge in [0.1, 0.15) is 10.8 Å². The summed E-state index contributed by atoms with van der Waals surface area (Å²) in [6.07, 6.45) is 8.64. The molecule has 6 heteroatoms. The fraction of sp³-hybridized carbons (Fsp3) is 0.375. The fourth-order valence-electron chi connectivity index (χ4n) is 4.56. The summed E-state index contributed by atoms with van der Waals surface area (Å²) in [6.45, 7) is 3.16. The minimum absolute atomic E-state index is 0.198. The highest BCUT2D eigenvalue weighted by molar-refractivity contribution is 7.15. The molecule has 1 saturated heterocycles. The van der Waals surface area contributed by atoms with Gasteiger partial charge in [-0.25, -0.2) is 0 Å². The van der Waals surface area contributed by atoms with Crippen LogP contribution in [0.3, 0.4) is 0 Å². The molecule has 1 amide bonds. The summed E-state index contributed by atoms with van der Waals surface area (Å²) < 4.78 is 7.48. The summed E-state index contributed by atoms with van der Waals surface area (Å²) >= 11 is 1.80. The van der Waals surface area contributed by atoms with Gasteiger partial charge in [-0.1, -0.05) is 6.07 Å². The average molecular weight is 422 g/mol. The number of amides is 1. The van der Waals surface area contributed by atoms with Gasteiger partial charge in [-0.2, -0.15) is 0 Å². The predicted octanol–water partition coefficient (Wildman–Crippen LogP) is 4.39. The lowest BCUT2D eigenvalue weighted by atomic mass is 9.95. The van der Waals surface area contributed by atoms with Gasteiger partial charge in [-0.3, -0.25) is 4.79 Å². The summed E-state index contributed by atoms with van der Waals surface area (Å²) in [5.74, 6) is 1.07. The van der Waals surface area contributed by atoms with Crippen LogP contribution in [0.25, 0.3) is 5.00 Å². The first kappa shape index (κ1) is 19.2. The lowest BCUT2D eigenvalue weighted by Crippen LogP contribution is -2.49. The number of carbonyl (C=O) groups is 1. The zero-order chi connectivity index (χ0) is 20.5. The van der Waals surface area contributed by atoms with Crippen LogP contribution in [0.2, 0.25) is 0 Å². The van der Waals surface area contributed by atoms with Crippen LogP contribution in [0, 0.1) is 0 Å². The molecular formula is C24H27N3O2S. The molecule has 2 aliphatic rings. The number of hydrogen-bond donors (Lipinski definition) is 0. The number of aromatic nitrogens is 1. The Hall–Kier alpha value is -2.73. The van der Waals surface area contributed by atoms with Crippen molar-refractivity contribution >= 4 is 22.9 Å². The van der Waals surface area contributed by atoms with Crippen LogP contribution in [-0.4, -0.2) is 48.7 Å². The quantitative estimate of drug-likeness (QED) is 0.627. The summed E-state index contributed by atoms with van der Waals surface area (Å²) in [7, 11) is 1.69. The lowest BCUT2D eigenvalue weighted by molar-refractivity contribution is 0.0746. The Balaban J connectivity index is 1.38. The molecule has 5 nitrogen and oxygen atoms in total. The van der Waals surface area contributed by atoms with Gasteiger partial charge in [-0.15, -0.1) is 11.3 Å². The molecule has 1 aromatic carbocycles. The zero-order valence-electron chi connectivity index (χ0n) is 17.3. The third kappa shape index (κ3) is 3.49. The minimum Gasteiger partial charge on any atom is -0.497 e. The van der Waals surface area contributed by atoms with Crippen molar-refractivity contribution in [1.29, 1.82) is 0 Å². The molecule has 0 bridgehead atoms. The normalized spacial score (nSPS) is 16.4. The molecule has 1 aliphatic heterocycles. The number of hydrogen-bond acceptors (Lipinski definition) is 4. The molecule has 0 saturated carbocycles. The average Bonchev–Trinajstić information content (AvgIpc) is 3.46. The van der Waals surface area contributed by atoms with E-state index in [1.165, 1.54) is 23.3 Å². The molecule has 5 rings (SSSR count). The van der Waals surface area contributed by atoms with Crippen molar-refractivity contribution in [2.75, 3.05) is 38.2 Å². The van der Waals surface area contributed by atoms with Crippen LogP contribution >= 0.6 is 11.3 Å². The van der Waals surface area contributed by atoms with Crippen LogP contribution in [0.4, 0.5) is 5.69 Å². The molecule has 156 valence electrons. The maximum Gasteiger partial charge on any atom is 0.257 e. The second-order valence-electron chi connectivity index (χ2n) is 7.96. The third-order valence-corrected chi connectivity index (χ3v) is 7.50. The largest absolute Gasteiger partial charge is 0.497 e. The highest BCUT2D eigenvalue weighted by atomic mass is 32.1. The molecule has 30 heavy (non-hydrogen) atoms. The third-order valence-electron chi connectivity index (χ3n) is 6.19. The van der Waals surface area contributed by atoms with Crippen LogP contribution in [0.15, 0.2) is 48.8 Å². The SMILES string of the molecule is COc1cccc(N2CCN(C(=O)c3c(-n4cccc4)sc4c3CCCC4)CC2)c1.